The van der Waals surface area contributed by atoms with Crippen LogP contribution in [0.25, 0.3) is 0 Å². The number of aryl methyl sites for hydroxylation is 1. The lowest BCUT2D eigenvalue weighted by Gasteiger charge is -2.17. The average molecular weight is 307 g/mol. The lowest BCUT2D eigenvalue weighted by atomic mass is 10.1. The summed E-state index contributed by atoms with van der Waals surface area (Å²) in [4.78, 5) is 5.84. The van der Waals surface area contributed by atoms with Gasteiger partial charge < -0.3 is 14.6 Å². The fourth-order valence-electron chi connectivity index (χ4n) is 2.37. The molecule has 5 heteroatoms. The highest BCUT2D eigenvalue weighted by Crippen LogP contribution is 2.28. The van der Waals surface area contributed by atoms with E-state index >= 15 is 0 Å². The Balaban J connectivity index is 2.13. The molecular formula is C16H25N3OS. The van der Waals surface area contributed by atoms with Crippen LogP contribution in [0.1, 0.15) is 43.4 Å². The molecule has 0 aliphatic heterocycles. The van der Waals surface area contributed by atoms with Crippen molar-refractivity contribution < 1.29 is 4.74 Å². The third-order valence-electron chi connectivity index (χ3n) is 3.47. The zero-order valence-corrected chi connectivity index (χ0v) is 13.9. The van der Waals surface area contributed by atoms with Crippen molar-refractivity contribution in [2.24, 2.45) is 0 Å². The summed E-state index contributed by atoms with van der Waals surface area (Å²) in [6, 6.07) is 2.43. The number of nitrogens with one attached hydrogen (secondary N) is 1. The van der Waals surface area contributed by atoms with Gasteiger partial charge in [0.1, 0.15) is 11.6 Å². The van der Waals surface area contributed by atoms with Crippen molar-refractivity contribution >= 4 is 11.3 Å². The predicted molar refractivity (Wildman–Crippen MR) is 88.1 cm³/mol. The molecule has 21 heavy (non-hydrogen) atoms. The van der Waals surface area contributed by atoms with Gasteiger partial charge in [0.2, 0.25) is 0 Å². The van der Waals surface area contributed by atoms with E-state index in [0.717, 1.165) is 43.9 Å². The largest absolute Gasteiger partial charge is 0.496 e. The number of hydrogen-bond acceptors (Lipinski definition) is 4. The molecule has 0 fully saturated rings. The van der Waals surface area contributed by atoms with E-state index in [9.17, 15) is 0 Å². The standard InChI is InChI=1S/C16H25N3OS/c1-4-6-17-14(15-10-13(20-3)12-21-15)11-16-18-7-9-19(16)8-5-2/h7,9-10,12,14,17H,4-6,8,11H2,1-3H3. The van der Waals surface area contributed by atoms with Crippen LogP contribution in [-0.4, -0.2) is 23.2 Å². The first kappa shape index (κ1) is 16.0. The summed E-state index contributed by atoms with van der Waals surface area (Å²) < 4.78 is 7.56. The monoisotopic (exact) mass is 307 g/mol. The molecule has 2 aromatic rings. The molecule has 1 unspecified atom stereocenters. The summed E-state index contributed by atoms with van der Waals surface area (Å²) in [5.74, 6) is 2.09. The first-order chi connectivity index (χ1) is 10.3. The Bertz CT molecular complexity index is 535. The van der Waals surface area contributed by atoms with Crippen molar-refractivity contribution in [1.29, 1.82) is 0 Å². The molecule has 0 amide bonds. The third-order valence-corrected chi connectivity index (χ3v) is 4.49. The number of methoxy groups -OCH3 is 1. The molecule has 0 aliphatic rings. The minimum Gasteiger partial charge on any atom is -0.496 e. The van der Waals surface area contributed by atoms with Gasteiger partial charge in [-0.1, -0.05) is 13.8 Å². The van der Waals surface area contributed by atoms with E-state index in [4.69, 9.17) is 4.74 Å². The quantitative estimate of drug-likeness (QED) is 0.768. The highest BCUT2D eigenvalue weighted by atomic mass is 32.1. The molecular weight excluding hydrogens is 282 g/mol. The lowest BCUT2D eigenvalue weighted by molar-refractivity contribution is 0.415. The van der Waals surface area contributed by atoms with Gasteiger partial charge >= 0.3 is 0 Å². The van der Waals surface area contributed by atoms with E-state index in [0.29, 0.717) is 6.04 Å². The van der Waals surface area contributed by atoms with Gasteiger partial charge in [0, 0.05) is 41.7 Å². The maximum atomic E-state index is 5.31. The Hall–Kier alpha value is -1.33. The summed E-state index contributed by atoms with van der Waals surface area (Å²) in [6.45, 7) is 6.43. The van der Waals surface area contributed by atoms with Crippen molar-refractivity contribution in [3.05, 3.63) is 34.5 Å². The second kappa shape index (κ2) is 8.20. The third kappa shape index (κ3) is 4.32. The highest BCUT2D eigenvalue weighted by molar-refractivity contribution is 7.10. The first-order valence-electron chi connectivity index (χ1n) is 7.64. The Labute approximate surface area is 131 Å². The molecule has 0 bridgehead atoms. The van der Waals surface area contributed by atoms with Crippen molar-refractivity contribution in [1.82, 2.24) is 14.9 Å². The Morgan fingerprint density at radius 3 is 2.90 bits per heavy atom. The second-order valence-corrected chi connectivity index (χ2v) is 6.08. The maximum Gasteiger partial charge on any atom is 0.129 e. The summed E-state index contributed by atoms with van der Waals surface area (Å²) in [5.41, 5.74) is 0. The summed E-state index contributed by atoms with van der Waals surface area (Å²) in [6.07, 6.45) is 7.14. The SMILES string of the molecule is CCCNC(Cc1nccn1CCC)c1cc(OC)cs1. The predicted octanol–water partition coefficient (Wildman–Crippen LogP) is 3.65. The molecule has 0 saturated heterocycles. The van der Waals surface area contributed by atoms with E-state index < -0.39 is 0 Å². The fourth-order valence-corrected chi connectivity index (χ4v) is 3.30. The molecule has 2 heterocycles. The van der Waals surface area contributed by atoms with E-state index in [2.05, 4.69) is 46.4 Å². The number of aromatic nitrogens is 2. The molecule has 0 spiro atoms. The van der Waals surface area contributed by atoms with Crippen LogP contribution in [0.3, 0.4) is 0 Å². The molecule has 116 valence electrons. The van der Waals surface area contributed by atoms with Crippen molar-refractivity contribution in [3.63, 3.8) is 0 Å². The molecule has 1 atom stereocenters. The second-order valence-electron chi connectivity index (χ2n) is 5.14. The molecule has 1 N–H and O–H groups in total. The van der Waals surface area contributed by atoms with Crippen LogP contribution in [0, 0.1) is 0 Å². The molecule has 0 aromatic carbocycles. The Morgan fingerprint density at radius 2 is 2.24 bits per heavy atom. The van der Waals surface area contributed by atoms with Crippen LogP contribution < -0.4 is 10.1 Å². The van der Waals surface area contributed by atoms with Crippen LogP contribution >= 0.6 is 11.3 Å². The van der Waals surface area contributed by atoms with Gasteiger partial charge in [-0.05, 0) is 25.5 Å². The topological polar surface area (TPSA) is 39.1 Å². The maximum absolute atomic E-state index is 5.31. The van der Waals surface area contributed by atoms with Crippen molar-refractivity contribution in [2.45, 2.75) is 45.7 Å². The normalized spacial score (nSPS) is 12.5. The highest BCUT2D eigenvalue weighted by Gasteiger charge is 2.17. The summed E-state index contributed by atoms with van der Waals surface area (Å²) in [7, 11) is 1.72. The van der Waals surface area contributed by atoms with Crippen LogP contribution in [-0.2, 0) is 13.0 Å². The molecule has 2 aromatic heterocycles. The minimum absolute atomic E-state index is 0.303. The molecule has 2 rings (SSSR count). The number of nitrogens with zero attached hydrogens (tertiary/aromatic N) is 2. The zero-order chi connectivity index (χ0) is 15.1. The van der Waals surface area contributed by atoms with Crippen LogP contribution in [0.4, 0.5) is 0 Å². The van der Waals surface area contributed by atoms with Gasteiger partial charge in [-0.3, -0.25) is 0 Å². The van der Waals surface area contributed by atoms with Crippen LogP contribution in [0.2, 0.25) is 0 Å². The average Bonchev–Trinajstić information content (AvgIpc) is 3.13. The van der Waals surface area contributed by atoms with E-state index in [1.807, 2.05) is 6.20 Å². The van der Waals surface area contributed by atoms with E-state index in [-0.39, 0.29) is 0 Å². The summed E-state index contributed by atoms with van der Waals surface area (Å²) in [5, 5.41) is 5.70. The van der Waals surface area contributed by atoms with Crippen molar-refractivity contribution in [3.8, 4) is 5.75 Å². The number of ether oxygens (including phenoxy) is 1. The minimum atomic E-state index is 0.303. The number of rotatable bonds is 9. The van der Waals surface area contributed by atoms with E-state index in [1.165, 1.54) is 4.88 Å². The number of thiophene rings is 1. The first-order valence-corrected chi connectivity index (χ1v) is 8.52. The van der Waals surface area contributed by atoms with Crippen molar-refractivity contribution in [2.75, 3.05) is 13.7 Å². The van der Waals surface area contributed by atoms with Gasteiger partial charge in [-0.15, -0.1) is 11.3 Å². The van der Waals surface area contributed by atoms with Gasteiger partial charge in [0.15, 0.2) is 0 Å². The zero-order valence-electron chi connectivity index (χ0n) is 13.1. The van der Waals surface area contributed by atoms with E-state index in [1.54, 1.807) is 18.4 Å². The van der Waals surface area contributed by atoms with Gasteiger partial charge in [0.05, 0.1) is 7.11 Å². The summed E-state index contributed by atoms with van der Waals surface area (Å²) >= 11 is 1.75. The van der Waals surface area contributed by atoms with Gasteiger partial charge in [-0.25, -0.2) is 4.98 Å². The Kier molecular flexibility index (Phi) is 6.26. The molecule has 4 nitrogen and oxygen atoms in total. The van der Waals surface area contributed by atoms with Crippen LogP contribution in [0.15, 0.2) is 23.8 Å². The smallest absolute Gasteiger partial charge is 0.129 e. The van der Waals surface area contributed by atoms with Gasteiger partial charge in [0.25, 0.3) is 0 Å². The molecule has 0 aliphatic carbocycles. The molecule has 0 saturated carbocycles. The number of imidazole rings is 1. The number of hydrogen-bond donors (Lipinski definition) is 1. The lowest BCUT2D eigenvalue weighted by Crippen LogP contribution is -2.24. The van der Waals surface area contributed by atoms with Crippen LogP contribution in [0.5, 0.6) is 5.75 Å². The molecule has 0 radical (unpaired) electrons. The Morgan fingerprint density at radius 1 is 1.38 bits per heavy atom. The van der Waals surface area contributed by atoms with Gasteiger partial charge in [-0.2, -0.15) is 0 Å². The fraction of sp³-hybridized carbons (Fsp3) is 0.562.